The van der Waals surface area contributed by atoms with E-state index in [9.17, 15) is 19.2 Å². The molecule has 2 atom stereocenters. The molecule has 1 saturated heterocycles. The van der Waals surface area contributed by atoms with Crippen molar-refractivity contribution in [3.05, 3.63) is 63.5 Å². The van der Waals surface area contributed by atoms with Gasteiger partial charge in [-0.1, -0.05) is 18.2 Å². The molecule has 0 bridgehead atoms. The quantitative estimate of drug-likeness (QED) is 0.265. The number of amides is 2. The third-order valence-corrected chi connectivity index (χ3v) is 9.41. The number of thiophene rings is 1. The van der Waals surface area contributed by atoms with Gasteiger partial charge >= 0.3 is 11.9 Å². The van der Waals surface area contributed by atoms with Crippen molar-refractivity contribution in [3.63, 3.8) is 0 Å². The molecule has 0 unspecified atom stereocenters. The molecule has 0 aliphatic carbocycles. The van der Waals surface area contributed by atoms with E-state index < -0.39 is 28.1 Å². The van der Waals surface area contributed by atoms with Crippen molar-refractivity contribution < 1.29 is 33.4 Å². The van der Waals surface area contributed by atoms with E-state index in [2.05, 4.69) is 5.32 Å². The fraction of sp³-hybridized carbons (Fsp3) is 0.360. The largest absolute Gasteiger partial charge is 0.497 e. The van der Waals surface area contributed by atoms with Crippen LogP contribution in [-0.2, 0) is 41.7 Å². The summed E-state index contributed by atoms with van der Waals surface area (Å²) in [4.78, 5) is 52.1. The fourth-order valence-electron chi connectivity index (χ4n) is 3.99. The smallest absolute Gasteiger partial charge is 0.355 e. The molecular weight excluding hydrogens is 536 g/mol. The lowest BCUT2D eigenvalue weighted by atomic mass is 10.0. The van der Waals surface area contributed by atoms with Gasteiger partial charge in [-0.05, 0) is 35.4 Å². The Bertz CT molecular complexity index is 1210. The van der Waals surface area contributed by atoms with E-state index >= 15 is 0 Å². The SMILES string of the molecule is COc1ccc(COC(=O)C2=C(COC(C)=O)CS[C@H]3N2C(=O)[C@]3(NC(=O)Cc2cccs2)SC)cc1. The minimum atomic E-state index is -1.21. The van der Waals surface area contributed by atoms with Crippen molar-refractivity contribution in [2.45, 2.75) is 30.2 Å². The van der Waals surface area contributed by atoms with Crippen molar-refractivity contribution in [2.24, 2.45) is 0 Å². The van der Waals surface area contributed by atoms with Gasteiger partial charge in [0.25, 0.3) is 5.91 Å². The number of fused-ring (bicyclic) bond motifs is 1. The van der Waals surface area contributed by atoms with Gasteiger partial charge in [0.05, 0.1) is 13.5 Å². The topological polar surface area (TPSA) is 111 Å². The number of methoxy groups -OCH3 is 1. The summed E-state index contributed by atoms with van der Waals surface area (Å²) in [5.74, 6) is -0.889. The van der Waals surface area contributed by atoms with Gasteiger partial charge in [0, 0.05) is 23.1 Å². The van der Waals surface area contributed by atoms with Crippen LogP contribution in [0.4, 0.5) is 0 Å². The molecule has 0 radical (unpaired) electrons. The summed E-state index contributed by atoms with van der Waals surface area (Å²) >= 11 is 4.09. The summed E-state index contributed by atoms with van der Waals surface area (Å²) in [6, 6.07) is 10.8. The first-order valence-corrected chi connectivity index (χ1v) is 14.4. The Morgan fingerprint density at radius 2 is 1.92 bits per heavy atom. The normalized spacial score (nSPS) is 20.6. The molecule has 1 N–H and O–H groups in total. The second kappa shape index (κ2) is 11.6. The minimum Gasteiger partial charge on any atom is -0.497 e. The first-order chi connectivity index (χ1) is 17.8. The summed E-state index contributed by atoms with van der Waals surface area (Å²) < 4.78 is 15.9. The van der Waals surface area contributed by atoms with Crippen LogP contribution in [0.1, 0.15) is 17.4 Å². The van der Waals surface area contributed by atoms with Crippen LogP contribution in [0.5, 0.6) is 5.75 Å². The number of carbonyl (C=O) groups is 4. The number of benzene rings is 1. The van der Waals surface area contributed by atoms with Crippen molar-refractivity contribution in [1.82, 2.24) is 10.2 Å². The molecule has 1 fully saturated rings. The summed E-state index contributed by atoms with van der Waals surface area (Å²) in [6.07, 6.45) is 1.91. The van der Waals surface area contributed by atoms with Gasteiger partial charge in [-0.15, -0.1) is 34.9 Å². The second-order valence-electron chi connectivity index (χ2n) is 8.24. The zero-order valence-electron chi connectivity index (χ0n) is 20.5. The lowest BCUT2D eigenvalue weighted by molar-refractivity contribution is -0.155. The number of carbonyl (C=O) groups excluding carboxylic acids is 4. The average Bonchev–Trinajstić information content (AvgIpc) is 3.41. The Hall–Kier alpha value is -2.96. The molecule has 2 aromatic rings. The molecule has 12 heteroatoms. The number of nitrogens with one attached hydrogen (secondary N) is 1. The third-order valence-electron chi connectivity index (χ3n) is 5.84. The fourth-order valence-corrected chi connectivity index (χ4v) is 7.31. The summed E-state index contributed by atoms with van der Waals surface area (Å²) in [6.45, 7) is 1.12. The van der Waals surface area contributed by atoms with Gasteiger partial charge < -0.3 is 19.5 Å². The van der Waals surface area contributed by atoms with Gasteiger partial charge in [-0.3, -0.25) is 19.3 Å². The molecule has 9 nitrogen and oxygen atoms in total. The molecule has 0 saturated carbocycles. The molecular formula is C25H26N2O7S3. The van der Waals surface area contributed by atoms with Crippen molar-refractivity contribution in [3.8, 4) is 5.75 Å². The van der Waals surface area contributed by atoms with Crippen LogP contribution >= 0.6 is 34.9 Å². The first-order valence-electron chi connectivity index (χ1n) is 11.3. The van der Waals surface area contributed by atoms with E-state index in [1.54, 1.807) is 37.6 Å². The molecule has 4 rings (SSSR count). The van der Waals surface area contributed by atoms with Crippen LogP contribution in [0.15, 0.2) is 53.0 Å². The highest BCUT2D eigenvalue weighted by Gasteiger charge is 2.65. The van der Waals surface area contributed by atoms with Crippen LogP contribution in [0.25, 0.3) is 0 Å². The molecule has 2 amide bonds. The molecule has 37 heavy (non-hydrogen) atoms. The van der Waals surface area contributed by atoms with Crippen LogP contribution in [0.3, 0.4) is 0 Å². The Morgan fingerprint density at radius 1 is 1.16 bits per heavy atom. The summed E-state index contributed by atoms with van der Waals surface area (Å²) in [5.41, 5.74) is 1.28. The number of ether oxygens (including phenoxy) is 3. The van der Waals surface area contributed by atoms with Gasteiger partial charge in [-0.2, -0.15) is 0 Å². The summed E-state index contributed by atoms with van der Waals surface area (Å²) in [7, 11) is 1.56. The Labute approximate surface area is 226 Å². The van der Waals surface area contributed by atoms with Crippen LogP contribution in [0.2, 0.25) is 0 Å². The van der Waals surface area contributed by atoms with Crippen LogP contribution in [-0.4, -0.2) is 64.6 Å². The monoisotopic (exact) mass is 562 g/mol. The lowest BCUT2D eigenvalue weighted by Gasteiger charge is -2.56. The molecule has 2 aliphatic heterocycles. The molecule has 0 spiro atoms. The lowest BCUT2D eigenvalue weighted by Crippen LogP contribution is -2.78. The maximum atomic E-state index is 13.5. The van der Waals surface area contributed by atoms with E-state index in [1.165, 1.54) is 46.7 Å². The number of hydrogen-bond donors (Lipinski definition) is 1. The zero-order chi connectivity index (χ0) is 26.6. The predicted molar refractivity (Wildman–Crippen MR) is 142 cm³/mol. The van der Waals surface area contributed by atoms with Gasteiger partial charge in [0.1, 0.15) is 30.0 Å². The van der Waals surface area contributed by atoms with Gasteiger partial charge in [0.2, 0.25) is 5.91 Å². The highest BCUT2D eigenvalue weighted by molar-refractivity contribution is 8.05. The Balaban J connectivity index is 1.54. The summed E-state index contributed by atoms with van der Waals surface area (Å²) in [5, 5.41) is 4.27. The highest BCUT2D eigenvalue weighted by Crippen LogP contribution is 2.50. The minimum absolute atomic E-state index is 0.0156. The number of hydrogen-bond acceptors (Lipinski definition) is 10. The predicted octanol–water partition coefficient (Wildman–Crippen LogP) is 2.95. The maximum Gasteiger partial charge on any atom is 0.355 e. The molecule has 2 aliphatic rings. The van der Waals surface area contributed by atoms with E-state index in [1.807, 2.05) is 17.5 Å². The van der Waals surface area contributed by atoms with Crippen molar-refractivity contribution >= 4 is 58.6 Å². The third kappa shape index (κ3) is 5.65. The number of nitrogens with zero attached hydrogens (tertiary/aromatic N) is 1. The molecule has 1 aromatic heterocycles. The molecule has 1 aromatic carbocycles. The number of thioether (sulfide) groups is 2. The van der Waals surface area contributed by atoms with Gasteiger partial charge in [-0.25, -0.2) is 4.79 Å². The highest BCUT2D eigenvalue weighted by atomic mass is 32.2. The van der Waals surface area contributed by atoms with Crippen LogP contribution in [0, 0.1) is 0 Å². The number of esters is 2. The molecule has 3 heterocycles. The van der Waals surface area contributed by atoms with Crippen molar-refractivity contribution in [2.75, 3.05) is 25.7 Å². The molecule has 196 valence electrons. The van der Waals surface area contributed by atoms with E-state index in [0.717, 1.165) is 10.4 Å². The standard InChI is InChI=1S/C25H26N2O7S3/c1-15(28)33-13-17-14-37-24-25(35-3,26-20(29)11-19-5-4-10-36-19)23(31)27(24)21(17)22(30)34-12-16-6-8-18(32-2)9-7-16/h4-10,24H,11-14H2,1-3H3,(H,26,29)/t24-,25+/m1/s1. The van der Waals surface area contributed by atoms with Crippen LogP contribution < -0.4 is 10.1 Å². The van der Waals surface area contributed by atoms with Gasteiger partial charge in [0.15, 0.2) is 4.87 Å². The zero-order valence-corrected chi connectivity index (χ0v) is 22.9. The maximum absolute atomic E-state index is 13.5. The number of β-lactam (4-membered cyclic amide) rings is 1. The Morgan fingerprint density at radius 3 is 2.54 bits per heavy atom. The number of rotatable bonds is 10. The van der Waals surface area contributed by atoms with E-state index in [0.29, 0.717) is 17.1 Å². The van der Waals surface area contributed by atoms with Crippen molar-refractivity contribution in [1.29, 1.82) is 0 Å². The van der Waals surface area contributed by atoms with E-state index in [4.69, 9.17) is 14.2 Å². The Kier molecular flexibility index (Phi) is 8.50. The first kappa shape index (κ1) is 27.1. The second-order valence-corrected chi connectivity index (χ2v) is 11.4. The average molecular weight is 563 g/mol. The van der Waals surface area contributed by atoms with E-state index in [-0.39, 0.29) is 31.2 Å².